The first-order chi connectivity index (χ1) is 7.56. The summed E-state index contributed by atoms with van der Waals surface area (Å²) in [5.41, 5.74) is -1.06. The summed E-state index contributed by atoms with van der Waals surface area (Å²) in [6, 6.07) is -0.547. The average molecular weight is 222 g/mol. The Labute approximate surface area is 92.8 Å². The van der Waals surface area contributed by atoms with Crippen molar-refractivity contribution < 1.29 is 5.11 Å². The molecule has 16 heavy (non-hydrogen) atoms. The molecular weight excluding hydrogens is 208 g/mol. The van der Waals surface area contributed by atoms with Crippen molar-refractivity contribution in [3.05, 3.63) is 26.4 Å². The minimum Gasteiger partial charge on any atom is -0.494 e. The summed E-state index contributed by atoms with van der Waals surface area (Å²) in [4.78, 5) is 25.0. The van der Waals surface area contributed by atoms with Crippen LogP contribution in [0.3, 0.4) is 0 Å². The van der Waals surface area contributed by atoms with Crippen molar-refractivity contribution in [3.63, 3.8) is 0 Å². The molecule has 1 rings (SSSR count). The van der Waals surface area contributed by atoms with E-state index in [-0.39, 0.29) is 11.4 Å². The van der Waals surface area contributed by atoms with E-state index in [2.05, 4.69) is 10.9 Å². The molecular formula is C11H14N2O3. The third kappa shape index (κ3) is 1.87. The summed E-state index contributed by atoms with van der Waals surface area (Å²) in [6.07, 6.45) is 6.10. The Balaban J connectivity index is 3.59. The van der Waals surface area contributed by atoms with Gasteiger partial charge in [-0.15, -0.1) is 6.42 Å². The second-order valence-corrected chi connectivity index (χ2v) is 3.38. The lowest BCUT2D eigenvalue weighted by molar-refractivity contribution is 0.379. The van der Waals surface area contributed by atoms with E-state index in [1.54, 1.807) is 13.8 Å². The van der Waals surface area contributed by atoms with Gasteiger partial charge in [0.2, 0.25) is 5.88 Å². The number of H-pyrrole nitrogens is 1. The van der Waals surface area contributed by atoms with E-state index >= 15 is 0 Å². The van der Waals surface area contributed by atoms with E-state index in [1.807, 2.05) is 0 Å². The maximum absolute atomic E-state index is 11.5. The molecule has 0 aromatic carbocycles. The third-order valence-electron chi connectivity index (χ3n) is 2.46. The van der Waals surface area contributed by atoms with Gasteiger partial charge < -0.3 is 5.11 Å². The normalized spacial score (nSPS) is 12.1. The van der Waals surface area contributed by atoms with Gasteiger partial charge in [0.25, 0.3) is 5.56 Å². The number of hydrogen-bond acceptors (Lipinski definition) is 3. The molecule has 0 aliphatic heterocycles. The third-order valence-corrected chi connectivity index (χ3v) is 2.46. The molecule has 0 fully saturated rings. The second-order valence-electron chi connectivity index (χ2n) is 3.38. The average Bonchev–Trinajstić information content (AvgIpc) is 2.24. The molecule has 0 saturated carbocycles. The number of aromatic nitrogens is 2. The number of hydrogen-bond donors (Lipinski definition) is 2. The van der Waals surface area contributed by atoms with Gasteiger partial charge in [0.05, 0.1) is 5.56 Å². The molecule has 86 valence electrons. The van der Waals surface area contributed by atoms with Crippen LogP contribution in [-0.2, 0) is 6.42 Å². The maximum atomic E-state index is 11.5. The van der Waals surface area contributed by atoms with Crippen LogP contribution in [0.25, 0.3) is 0 Å². The number of nitrogens with one attached hydrogen (secondary N) is 1. The van der Waals surface area contributed by atoms with Crippen molar-refractivity contribution in [2.45, 2.75) is 32.7 Å². The first-order valence-electron chi connectivity index (χ1n) is 5.09. The van der Waals surface area contributed by atoms with Gasteiger partial charge in [-0.3, -0.25) is 9.78 Å². The minimum absolute atomic E-state index is 0.174. The molecule has 0 aliphatic rings. The molecule has 0 radical (unpaired) electrons. The number of nitrogens with zero attached hydrogens (tertiary/aromatic N) is 1. The van der Waals surface area contributed by atoms with E-state index in [9.17, 15) is 14.7 Å². The lowest BCUT2D eigenvalue weighted by Crippen LogP contribution is -2.34. The Morgan fingerprint density at radius 3 is 2.56 bits per heavy atom. The molecule has 0 amide bonds. The zero-order valence-electron chi connectivity index (χ0n) is 9.28. The summed E-state index contributed by atoms with van der Waals surface area (Å²) >= 11 is 0. The maximum Gasteiger partial charge on any atom is 0.332 e. The highest BCUT2D eigenvalue weighted by molar-refractivity contribution is 5.24. The van der Waals surface area contributed by atoms with Crippen molar-refractivity contribution in [1.29, 1.82) is 0 Å². The van der Waals surface area contributed by atoms with Crippen molar-refractivity contribution in [2.24, 2.45) is 0 Å². The van der Waals surface area contributed by atoms with Gasteiger partial charge >= 0.3 is 5.69 Å². The van der Waals surface area contributed by atoms with Crippen molar-refractivity contribution in [3.8, 4) is 18.2 Å². The number of terminal acetylenes is 1. The summed E-state index contributed by atoms with van der Waals surface area (Å²) in [5.74, 6) is 2.07. The lowest BCUT2D eigenvalue weighted by Gasteiger charge is -2.15. The first kappa shape index (κ1) is 12.1. The molecule has 0 aliphatic carbocycles. The highest BCUT2D eigenvalue weighted by atomic mass is 16.3. The van der Waals surface area contributed by atoms with Gasteiger partial charge in [-0.2, -0.15) is 0 Å². The second kappa shape index (κ2) is 4.71. The Bertz CT molecular complexity index is 534. The summed E-state index contributed by atoms with van der Waals surface area (Å²) in [6.45, 7) is 3.52. The highest BCUT2D eigenvalue weighted by Crippen LogP contribution is 2.17. The molecule has 1 heterocycles. The number of rotatable bonds is 3. The Hall–Kier alpha value is -1.96. The zero-order chi connectivity index (χ0) is 12.3. The molecule has 1 aromatic rings. The van der Waals surface area contributed by atoms with Crippen LogP contribution >= 0.6 is 0 Å². The Kier molecular flexibility index (Phi) is 3.56. The van der Waals surface area contributed by atoms with Gasteiger partial charge in [-0.1, -0.05) is 19.8 Å². The van der Waals surface area contributed by atoms with E-state index in [1.165, 1.54) is 0 Å². The SMILES string of the molecule is C#CC(CC)n1c(O)c(CC)c(=O)[nH]c1=O. The lowest BCUT2D eigenvalue weighted by atomic mass is 10.2. The zero-order valence-corrected chi connectivity index (χ0v) is 9.28. The van der Waals surface area contributed by atoms with Crippen LogP contribution in [0.4, 0.5) is 0 Å². The fraction of sp³-hybridized carbons (Fsp3) is 0.455. The monoisotopic (exact) mass is 222 g/mol. The predicted molar refractivity (Wildman–Crippen MR) is 60.5 cm³/mol. The van der Waals surface area contributed by atoms with Gasteiger partial charge in [0.1, 0.15) is 6.04 Å². The molecule has 5 nitrogen and oxygen atoms in total. The van der Waals surface area contributed by atoms with Crippen LogP contribution in [0.2, 0.25) is 0 Å². The number of aromatic amines is 1. The van der Waals surface area contributed by atoms with Crippen LogP contribution in [0.5, 0.6) is 5.88 Å². The fourth-order valence-electron chi connectivity index (χ4n) is 1.56. The summed E-state index contributed by atoms with van der Waals surface area (Å²) < 4.78 is 1.04. The van der Waals surface area contributed by atoms with E-state index in [0.717, 1.165) is 4.57 Å². The molecule has 0 saturated heterocycles. The minimum atomic E-state index is -0.676. The van der Waals surface area contributed by atoms with E-state index in [4.69, 9.17) is 6.42 Å². The molecule has 0 bridgehead atoms. The van der Waals surface area contributed by atoms with Gasteiger partial charge in [0.15, 0.2) is 0 Å². The highest BCUT2D eigenvalue weighted by Gasteiger charge is 2.17. The van der Waals surface area contributed by atoms with E-state index < -0.39 is 17.3 Å². The standard InChI is InChI=1S/C11H14N2O3/c1-4-7(5-2)13-10(15)8(6-3)9(14)12-11(13)16/h1,7,15H,5-6H2,2-3H3,(H,12,14,16). The van der Waals surface area contributed by atoms with Crippen LogP contribution in [-0.4, -0.2) is 14.7 Å². The van der Waals surface area contributed by atoms with Gasteiger partial charge in [0, 0.05) is 0 Å². The van der Waals surface area contributed by atoms with Crippen LogP contribution < -0.4 is 11.2 Å². The molecule has 0 spiro atoms. The van der Waals surface area contributed by atoms with Crippen molar-refractivity contribution >= 4 is 0 Å². The quantitative estimate of drug-likeness (QED) is 0.726. The van der Waals surface area contributed by atoms with Crippen molar-refractivity contribution in [2.75, 3.05) is 0 Å². The topological polar surface area (TPSA) is 75.1 Å². The smallest absolute Gasteiger partial charge is 0.332 e. The summed E-state index contributed by atoms with van der Waals surface area (Å²) in [5, 5.41) is 9.83. The van der Waals surface area contributed by atoms with E-state index in [0.29, 0.717) is 12.8 Å². The summed E-state index contributed by atoms with van der Waals surface area (Å²) in [7, 11) is 0. The predicted octanol–water partition coefficient (Wildman–Crippen LogP) is 0.389. The first-order valence-corrected chi connectivity index (χ1v) is 5.09. The van der Waals surface area contributed by atoms with Crippen LogP contribution in [0, 0.1) is 12.3 Å². The Morgan fingerprint density at radius 2 is 2.12 bits per heavy atom. The Morgan fingerprint density at radius 1 is 1.50 bits per heavy atom. The van der Waals surface area contributed by atoms with Gasteiger partial charge in [-0.05, 0) is 12.8 Å². The molecule has 1 unspecified atom stereocenters. The van der Waals surface area contributed by atoms with Crippen molar-refractivity contribution in [1.82, 2.24) is 9.55 Å². The van der Waals surface area contributed by atoms with Crippen LogP contribution in [0.15, 0.2) is 9.59 Å². The van der Waals surface area contributed by atoms with Gasteiger partial charge in [-0.25, -0.2) is 9.36 Å². The molecule has 2 N–H and O–H groups in total. The molecule has 5 heteroatoms. The molecule has 1 aromatic heterocycles. The largest absolute Gasteiger partial charge is 0.494 e. The molecule has 1 atom stereocenters. The fourth-order valence-corrected chi connectivity index (χ4v) is 1.56. The number of aromatic hydroxyl groups is 1. The van der Waals surface area contributed by atoms with Crippen LogP contribution in [0.1, 0.15) is 31.9 Å².